The first-order chi connectivity index (χ1) is 4.66. The molecule has 0 radical (unpaired) electrons. The number of ether oxygens (including phenoxy) is 1. The first kappa shape index (κ1) is 7.12. The molecule has 10 heavy (non-hydrogen) atoms. The summed E-state index contributed by atoms with van der Waals surface area (Å²) in [6.45, 7) is 5.49. The van der Waals surface area contributed by atoms with Gasteiger partial charge in [0.1, 0.15) is 6.10 Å². The number of carbonyl (C=O) groups is 1. The number of nitrogens with zero attached hydrogens (tertiary/aromatic N) is 1. The highest BCUT2D eigenvalue weighted by Gasteiger charge is 2.33. The van der Waals surface area contributed by atoms with Crippen molar-refractivity contribution in [1.82, 2.24) is 4.90 Å². The first-order valence-corrected chi connectivity index (χ1v) is 3.23. The number of carbonyl (C=O) groups excluding carboxylic acids is 1. The van der Waals surface area contributed by atoms with E-state index in [2.05, 4.69) is 6.58 Å². The zero-order valence-corrected chi connectivity index (χ0v) is 6.20. The zero-order valence-electron chi connectivity index (χ0n) is 6.20. The molecule has 1 rings (SSSR count). The van der Waals surface area contributed by atoms with Gasteiger partial charge in [-0.3, -0.25) is 0 Å². The Morgan fingerprint density at radius 2 is 2.40 bits per heavy atom. The van der Waals surface area contributed by atoms with Crippen LogP contribution in [0.25, 0.3) is 0 Å². The third-order valence-corrected chi connectivity index (χ3v) is 1.84. The van der Waals surface area contributed by atoms with Gasteiger partial charge in [-0.05, 0) is 13.0 Å². The molecule has 56 valence electrons. The van der Waals surface area contributed by atoms with Gasteiger partial charge < -0.3 is 9.64 Å². The van der Waals surface area contributed by atoms with E-state index in [-0.39, 0.29) is 18.2 Å². The molecule has 1 fully saturated rings. The van der Waals surface area contributed by atoms with E-state index in [1.165, 1.54) is 0 Å². The molecule has 1 aliphatic rings. The highest BCUT2D eigenvalue weighted by atomic mass is 16.6. The molecule has 2 unspecified atom stereocenters. The third-order valence-electron chi connectivity index (χ3n) is 1.84. The zero-order chi connectivity index (χ0) is 7.72. The number of hydrogen-bond donors (Lipinski definition) is 0. The normalized spacial score (nSPS) is 32.2. The summed E-state index contributed by atoms with van der Waals surface area (Å²) in [4.78, 5) is 12.4. The molecule has 0 spiro atoms. The summed E-state index contributed by atoms with van der Waals surface area (Å²) in [5.41, 5.74) is 0. The second-order valence-corrected chi connectivity index (χ2v) is 2.44. The van der Waals surface area contributed by atoms with E-state index in [4.69, 9.17) is 4.74 Å². The van der Waals surface area contributed by atoms with Crippen molar-refractivity contribution < 1.29 is 9.53 Å². The fourth-order valence-corrected chi connectivity index (χ4v) is 0.930. The molecule has 1 amide bonds. The van der Waals surface area contributed by atoms with Crippen molar-refractivity contribution in [2.24, 2.45) is 0 Å². The lowest BCUT2D eigenvalue weighted by Crippen LogP contribution is -2.29. The van der Waals surface area contributed by atoms with Crippen LogP contribution in [0.2, 0.25) is 0 Å². The summed E-state index contributed by atoms with van der Waals surface area (Å²) in [5.74, 6) is 0. The molecule has 0 aromatic rings. The standard InChI is InChI=1S/C7H11NO2/c1-4-6-5(2)8(3)7(9)10-6/h4-6H,1H2,2-3H3. The summed E-state index contributed by atoms with van der Waals surface area (Å²) in [7, 11) is 1.72. The lowest BCUT2D eigenvalue weighted by molar-refractivity contribution is 0.148. The Morgan fingerprint density at radius 1 is 1.80 bits per heavy atom. The van der Waals surface area contributed by atoms with Crippen LogP contribution in [-0.4, -0.2) is 30.2 Å². The first-order valence-electron chi connectivity index (χ1n) is 3.23. The quantitative estimate of drug-likeness (QED) is 0.510. The molecule has 2 atom stereocenters. The fraction of sp³-hybridized carbons (Fsp3) is 0.571. The van der Waals surface area contributed by atoms with Gasteiger partial charge >= 0.3 is 6.09 Å². The van der Waals surface area contributed by atoms with Crippen LogP contribution in [-0.2, 0) is 4.74 Å². The van der Waals surface area contributed by atoms with Gasteiger partial charge in [0, 0.05) is 7.05 Å². The Morgan fingerprint density at radius 3 is 2.60 bits per heavy atom. The average Bonchev–Trinajstić information content (AvgIpc) is 2.17. The maximum Gasteiger partial charge on any atom is 0.410 e. The van der Waals surface area contributed by atoms with E-state index in [1.54, 1.807) is 18.0 Å². The van der Waals surface area contributed by atoms with Gasteiger partial charge in [-0.15, -0.1) is 0 Å². The predicted molar refractivity (Wildman–Crippen MR) is 37.7 cm³/mol. The van der Waals surface area contributed by atoms with Crippen LogP contribution >= 0.6 is 0 Å². The van der Waals surface area contributed by atoms with Crippen LogP contribution in [0.3, 0.4) is 0 Å². The van der Waals surface area contributed by atoms with Crippen molar-refractivity contribution in [3.8, 4) is 0 Å². The van der Waals surface area contributed by atoms with Crippen LogP contribution in [0.4, 0.5) is 4.79 Å². The highest BCUT2D eigenvalue weighted by molar-refractivity contribution is 5.70. The second kappa shape index (κ2) is 2.33. The van der Waals surface area contributed by atoms with E-state index in [0.29, 0.717) is 0 Å². The minimum absolute atomic E-state index is 0.116. The molecule has 0 aliphatic carbocycles. The Hall–Kier alpha value is -0.990. The molecule has 3 nitrogen and oxygen atoms in total. The largest absolute Gasteiger partial charge is 0.440 e. The fourth-order valence-electron chi connectivity index (χ4n) is 0.930. The molecule has 3 heteroatoms. The molecule has 1 aliphatic heterocycles. The smallest absolute Gasteiger partial charge is 0.410 e. The molecule has 1 heterocycles. The maximum atomic E-state index is 10.8. The molecular weight excluding hydrogens is 130 g/mol. The minimum atomic E-state index is -0.266. The monoisotopic (exact) mass is 141 g/mol. The lowest BCUT2D eigenvalue weighted by Gasteiger charge is -2.12. The average molecular weight is 141 g/mol. The SMILES string of the molecule is C=CC1OC(=O)N(C)C1C. The molecule has 0 saturated carbocycles. The summed E-state index contributed by atoms with van der Waals surface area (Å²) < 4.78 is 4.90. The topological polar surface area (TPSA) is 29.5 Å². The molecular formula is C7H11NO2. The van der Waals surface area contributed by atoms with Gasteiger partial charge in [0.05, 0.1) is 6.04 Å². The number of amides is 1. The number of hydrogen-bond acceptors (Lipinski definition) is 2. The van der Waals surface area contributed by atoms with Crippen molar-refractivity contribution in [2.75, 3.05) is 7.05 Å². The second-order valence-electron chi connectivity index (χ2n) is 2.44. The molecule has 1 saturated heterocycles. The van der Waals surface area contributed by atoms with Crippen LogP contribution < -0.4 is 0 Å². The predicted octanol–water partition coefficient (Wildman–Crippen LogP) is 1.01. The van der Waals surface area contributed by atoms with E-state index < -0.39 is 0 Å². The van der Waals surface area contributed by atoms with Gasteiger partial charge in [0.15, 0.2) is 0 Å². The van der Waals surface area contributed by atoms with Crippen LogP contribution in [0.1, 0.15) is 6.92 Å². The van der Waals surface area contributed by atoms with Crippen molar-refractivity contribution in [3.63, 3.8) is 0 Å². The number of likely N-dealkylation sites (N-methyl/N-ethyl adjacent to an activating group) is 1. The minimum Gasteiger partial charge on any atom is -0.440 e. The van der Waals surface area contributed by atoms with Gasteiger partial charge in [0.2, 0.25) is 0 Å². The third kappa shape index (κ3) is 0.875. The van der Waals surface area contributed by atoms with E-state index in [0.717, 1.165) is 0 Å². The van der Waals surface area contributed by atoms with Crippen LogP contribution in [0.15, 0.2) is 12.7 Å². The number of cyclic esters (lactones) is 1. The van der Waals surface area contributed by atoms with Crippen LogP contribution in [0, 0.1) is 0 Å². The Labute approximate surface area is 60.3 Å². The number of rotatable bonds is 1. The highest BCUT2D eigenvalue weighted by Crippen LogP contribution is 2.16. The molecule has 0 aromatic carbocycles. The summed E-state index contributed by atoms with van der Waals surface area (Å²) in [6, 6.07) is 0.116. The Balaban J connectivity index is 2.70. The van der Waals surface area contributed by atoms with Crippen molar-refractivity contribution in [3.05, 3.63) is 12.7 Å². The Kier molecular flexibility index (Phi) is 1.66. The lowest BCUT2D eigenvalue weighted by atomic mass is 10.2. The summed E-state index contributed by atoms with van der Waals surface area (Å²) in [5, 5.41) is 0. The van der Waals surface area contributed by atoms with Crippen molar-refractivity contribution in [2.45, 2.75) is 19.1 Å². The summed E-state index contributed by atoms with van der Waals surface area (Å²) in [6.07, 6.45) is 1.24. The van der Waals surface area contributed by atoms with Gasteiger partial charge in [-0.1, -0.05) is 6.58 Å². The summed E-state index contributed by atoms with van der Waals surface area (Å²) >= 11 is 0. The van der Waals surface area contributed by atoms with E-state index in [1.807, 2.05) is 6.92 Å². The van der Waals surface area contributed by atoms with E-state index in [9.17, 15) is 4.79 Å². The van der Waals surface area contributed by atoms with Gasteiger partial charge in [-0.25, -0.2) is 4.79 Å². The Bertz CT molecular complexity index is 167. The van der Waals surface area contributed by atoms with Gasteiger partial charge in [0.25, 0.3) is 0 Å². The van der Waals surface area contributed by atoms with Gasteiger partial charge in [-0.2, -0.15) is 0 Å². The molecule has 0 aromatic heterocycles. The van der Waals surface area contributed by atoms with Crippen molar-refractivity contribution >= 4 is 6.09 Å². The van der Waals surface area contributed by atoms with Crippen molar-refractivity contribution in [1.29, 1.82) is 0 Å². The van der Waals surface area contributed by atoms with Crippen LogP contribution in [0.5, 0.6) is 0 Å². The van der Waals surface area contributed by atoms with E-state index >= 15 is 0 Å². The maximum absolute atomic E-state index is 10.8. The molecule has 0 N–H and O–H groups in total. The molecule has 0 bridgehead atoms.